The number of amides is 1. The number of hydrogen-bond donors (Lipinski definition) is 3. The fraction of sp³-hybridized carbons (Fsp3) is 0.842. The number of fused-ring (bicyclic) bond motifs is 1. The van der Waals surface area contributed by atoms with Gasteiger partial charge in [-0.15, -0.1) is 0 Å². The molecular weight excluding hydrogens is 350 g/mol. The van der Waals surface area contributed by atoms with E-state index in [1.54, 1.807) is 4.90 Å². The molecule has 6 fully saturated rings. The smallest absolute Gasteiger partial charge is 0.249 e. The lowest BCUT2D eigenvalue weighted by Gasteiger charge is -2.61. The van der Waals surface area contributed by atoms with Crippen LogP contribution in [-0.4, -0.2) is 50.9 Å². The van der Waals surface area contributed by atoms with E-state index in [4.69, 9.17) is 20.7 Å². The van der Waals surface area contributed by atoms with Crippen molar-refractivity contribution in [3.05, 3.63) is 0 Å². The molecule has 1 saturated heterocycles. The van der Waals surface area contributed by atoms with Crippen molar-refractivity contribution in [1.29, 1.82) is 5.26 Å². The average Bonchev–Trinajstić information content (AvgIpc) is 3.21. The molecule has 0 aromatic carbocycles. The fourth-order valence-corrected chi connectivity index (χ4v) is 6.96. The Morgan fingerprint density at radius 1 is 1.19 bits per heavy atom. The van der Waals surface area contributed by atoms with Gasteiger partial charge in [0, 0.05) is 6.04 Å². The van der Waals surface area contributed by atoms with E-state index in [9.17, 15) is 15.2 Å². The van der Waals surface area contributed by atoms with Crippen LogP contribution in [0.3, 0.4) is 0 Å². The molecule has 0 radical (unpaired) electrons. The van der Waals surface area contributed by atoms with Crippen LogP contribution in [-0.2, 0) is 4.79 Å². The Morgan fingerprint density at radius 3 is 2.30 bits per heavy atom. The van der Waals surface area contributed by atoms with Gasteiger partial charge in [-0.05, 0) is 74.5 Å². The Hall–Kier alpha value is -1.85. The highest BCUT2D eigenvalue weighted by Crippen LogP contribution is 2.63. The quantitative estimate of drug-likeness (QED) is 0.616. The van der Waals surface area contributed by atoms with Gasteiger partial charge in [-0.3, -0.25) is 4.79 Å². The summed E-state index contributed by atoms with van der Waals surface area (Å²) in [7, 11) is 0. The monoisotopic (exact) mass is 376 g/mol. The van der Waals surface area contributed by atoms with Gasteiger partial charge < -0.3 is 30.7 Å². The van der Waals surface area contributed by atoms with Gasteiger partial charge >= 0.3 is 0 Å². The molecule has 4 bridgehead atoms. The van der Waals surface area contributed by atoms with Crippen molar-refractivity contribution in [3.63, 3.8) is 0 Å². The highest BCUT2D eigenvalue weighted by atomic mass is 16.6. The Labute approximate surface area is 157 Å². The maximum Gasteiger partial charge on any atom is 0.249 e. The Balaban J connectivity index is 0.000000413. The highest BCUT2D eigenvalue weighted by Gasteiger charge is 2.62. The van der Waals surface area contributed by atoms with E-state index in [2.05, 4.69) is 6.07 Å². The molecule has 8 heteroatoms. The molecule has 8 atom stereocenters. The number of likely N-dealkylation sites (tertiary alicyclic amines) is 1. The van der Waals surface area contributed by atoms with Gasteiger partial charge in [0.1, 0.15) is 6.04 Å². The third-order valence-electron chi connectivity index (χ3n) is 7.51. The molecule has 1 heterocycles. The van der Waals surface area contributed by atoms with E-state index >= 15 is 0 Å². The molecular formula is C19H26N3O5-. The average molecular weight is 376 g/mol. The summed E-state index contributed by atoms with van der Waals surface area (Å²) in [4.78, 5) is 23.4. The van der Waals surface area contributed by atoms with Crippen LogP contribution in [0.2, 0.25) is 0 Å². The molecule has 27 heavy (non-hydrogen) atoms. The zero-order valence-corrected chi connectivity index (χ0v) is 15.2. The predicted octanol–water partition coefficient (Wildman–Crippen LogP) is 0.0457. The van der Waals surface area contributed by atoms with E-state index in [0.29, 0.717) is 24.2 Å². The first-order chi connectivity index (χ1) is 12.7. The summed E-state index contributed by atoms with van der Waals surface area (Å²) in [5, 5.41) is 35.6. The van der Waals surface area contributed by atoms with Crippen LogP contribution < -0.4 is 10.8 Å². The lowest BCUT2D eigenvalue weighted by atomic mass is 9.46. The summed E-state index contributed by atoms with van der Waals surface area (Å²) in [5.74, 6) is 1.56. The second-order valence-electron chi connectivity index (χ2n) is 9.48. The van der Waals surface area contributed by atoms with Crippen LogP contribution in [0.5, 0.6) is 0 Å². The molecule has 5 aliphatic carbocycles. The van der Waals surface area contributed by atoms with Gasteiger partial charge in [0.15, 0.2) is 0 Å². The fourth-order valence-electron chi connectivity index (χ4n) is 6.96. The van der Waals surface area contributed by atoms with E-state index in [1.165, 1.54) is 6.42 Å². The summed E-state index contributed by atoms with van der Waals surface area (Å²) < 4.78 is 0. The first-order valence-corrected chi connectivity index (χ1v) is 9.76. The molecule has 0 aromatic heterocycles. The third kappa shape index (κ3) is 3.07. The van der Waals surface area contributed by atoms with Gasteiger partial charge in [0.05, 0.1) is 17.7 Å². The third-order valence-corrected chi connectivity index (χ3v) is 7.51. The molecule has 1 aliphatic heterocycles. The van der Waals surface area contributed by atoms with E-state index in [1.807, 2.05) is 0 Å². The largest absolute Gasteiger partial charge is 0.565 e. The van der Waals surface area contributed by atoms with Gasteiger partial charge in [-0.25, -0.2) is 0 Å². The summed E-state index contributed by atoms with van der Waals surface area (Å²) in [6.45, 7) is 0. The van der Waals surface area contributed by atoms with E-state index in [0.717, 1.165) is 38.5 Å². The minimum atomic E-state index is -2.08. The van der Waals surface area contributed by atoms with Crippen LogP contribution in [0.25, 0.3) is 0 Å². The number of hydrogen-bond acceptors (Lipinski definition) is 6. The molecule has 148 valence electrons. The van der Waals surface area contributed by atoms with Crippen LogP contribution >= 0.6 is 0 Å². The number of nitrogens with two attached hydrogens (primary N) is 1. The minimum absolute atomic E-state index is 0.0212. The van der Waals surface area contributed by atoms with Crippen molar-refractivity contribution in [1.82, 2.24) is 4.90 Å². The molecule has 0 spiro atoms. The van der Waals surface area contributed by atoms with Crippen molar-refractivity contribution in [2.45, 2.75) is 75.1 Å². The van der Waals surface area contributed by atoms with E-state index < -0.39 is 17.8 Å². The Kier molecular flexibility index (Phi) is 4.17. The number of nitriles is 1. The molecule has 0 aromatic rings. The van der Waals surface area contributed by atoms with Crippen molar-refractivity contribution in [3.8, 4) is 6.07 Å². The second kappa shape index (κ2) is 6.08. The minimum Gasteiger partial charge on any atom is -0.565 e. The number of carbonyl (C=O) groups excluding carboxylic acids is 1. The van der Waals surface area contributed by atoms with Gasteiger partial charge in [0.25, 0.3) is 0 Å². The van der Waals surface area contributed by atoms with Gasteiger partial charge in [-0.1, -0.05) is 0 Å². The summed E-state index contributed by atoms with van der Waals surface area (Å²) >= 11 is 0. The van der Waals surface area contributed by atoms with Gasteiger partial charge in [-0.2, -0.15) is 5.26 Å². The number of piperidine rings is 1. The summed E-state index contributed by atoms with van der Waals surface area (Å²) in [6.07, 6.45) is 5.40. The Morgan fingerprint density at radius 2 is 1.78 bits per heavy atom. The zero-order valence-electron chi connectivity index (χ0n) is 15.2. The van der Waals surface area contributed by atoms with Crippen molar-refractivity contribution in [2.75, 3.05) is 0 Å². The standard InChI is InChI=1S/C18H25N3O2.CH2O3/c19-8-13-2-12-3-14(12)21(13)16(22)15(20)17-4-10-1-11(5-17)7-18(23,6-10)9-17;2-1(3)4/h10-15,23H,1-7,9,20H2;(H2,2,3,4)/p-1/t10-,11+,12-,13+,14+,15-,17?,18?;/m1./s1. The first-order valence-electron chi connectivity index (χ1n) is 9.76. The molecule has 6 aliphatic rings. The summed E-state index contributed by atoms with van der Waals surface area (Å²) in [6, 6.07) is 1.72. The van der Waals surface area contributed by atoms with E-state index in [-0.39, 0.29) is 23.4 Å². The SMILES string of the molecule is N#C[C@@H]1C[C@@H]2C[C@@H]2N1C(=O)[C@@H](N)C12C[C@@H]3C[C@@H](CC(O)(C3)C1)C2.O=C([O-])O. The Bertz CT molecular complexity index is 686. The molecule has 1 amide bonds. The predicted molar refractivity (Wildman–Crippen MR) is 90.8 cm³/mol. The summed E-state index contributed by atoms with van der Waals surface area (Å²) in [5.41, 5.74) is 5.71. The lowest BCUT2D eigenvalue weighted by molar-refractivity contribution is -0.275. The van der Waals surface area contributed by atoms with Crippen LogP contribution in [0.1, 0.15) is 51.4 Å². The second-order valence-corrected chi connectivity index (χ2v) is 9.48. The molecule has 5 saturated carbocycles. The van der Waals surface area contributed by atoms with Crippen molar-refractivity contribution in [2.24, 2.45) is 28.9 Å². The maximum absolute atomic E-state index is 13.1. The topological polar surface area (TPSA) is 151 Å². The number of nitrogens with zero attached hydrogens (tertiary/aromatic N) is 2. The lowest BCUT2D eigenvalue weighted by Crippen LogP contribution is -2.64. The van der Waals surface area contributed by atoms with Gasteiger partial charge in [0.2, 0.25) is 12.1 Å². The van der Waals surface area contributed by atoms with Crippen molar-refractivity contribution < 1.29 is 24.9 Å². The molecule has 4 N–H and O–H groups in total. The number of carbonyl (C=O) groups is 2. The molecule has 6 rings (SSSR count). The van der Waals surface area contributed by atoms with Crippen LogP contribution in [0.4, 0.5) is 4.79 Å². The molecule has 8 nitrogen and oxygen atoms in total. The van der Waals surface area contributed by atoms with Crippen molar-refractivity contribution >= 4 is 12.1 Å². The number of carboxylic acid groups (broad SMARTS) is 2. The molecule has 2 unspecified atom stereocenters. The normalized spacial score (nSPS) is 46.7. The van der Waals surface area contributed by atoms with Crippen LogP contribution in [0.15, 0.2) is 0 Å². The van der Waals surface area contributed by atoms with Crippen LogP contribution in [0, 0.1) is 34.5 Å². The number of rotatable bonds is 2. The highest BCUT2D eigenvalue weighted by molar-refractivity contribution is 5.84. The number of aliphatic hydroxyl groups is 1. The maximum atomic E-state index is 13.1. The first kappa shape index (κ1) is 18.5. The zero-order chi connectivity index (χ0) is 19.6.